The number of hydrogen-bond donors (Lipinski definition) is 0. The van der Waals surface area contributed by atoms with Crippen LogP contribution >= 0.6 is 0 Å². The predicted octanol–water partition coefficient (Wildman–Crippen LogP) is 7.86. The molecule has 0 radical (unpaired) electrons. The zero-order valence-corrected chi connectivity index (χ0v) is 20.6. The summed E-state index contributed by atoms with van der Waals surface area (Å²) in [5, 5.41) is 0. The van der Waals surface area contributed by atoms with Crippen molar-refractivity contribution >= 4 is 17.0 Å². The summed E-state index contributed by atoms with van der Waals surface area (Å²) in [5.74, 6) is 1.93. The Morgan fingerprint density at radius 2 is 1.23 bits per heavy atom. The number of aryl methyl sites for hydroxylation is 1. The van der Waals surface area contributed by atoms with Crippen LogP contribution in [0.3, 0.4) is 0 Å². The highest BCUT2D eigenvalue weighted by atomic mass is 16.5. The SMILES string of the molecule is Cc1ccc(C2=C(C(C)(C)C)C=C(c3ccc(N(C)C)cc3)C=C(C(C)(C)C)O2)cc1. The van der Waals surface area contributed by atoms with E-state index in [4.69, 9.17) is 4.74 Å². The summed E-state index contributed by atoms with van der Waals surface area (Å²) in [7, 11) is 4.14. The molecule has 0 aliphatic carbocycles. The molecule has 0 N–H and O–H groups in total. The highest BCUT2D eigenvalue weighted by molar-refractivity contribution is 5.82. The van der Waals surface area contributed by atoms with E-state index in [-0.39, 0.29) is 10.8 Å². The fraction of sp³-hybridized carbons (Fsp3) is 0.379. The molecule has 164 valence electrons. The zero-order chi connectivity index (χ0) is 23.0. The van der Waals surface area contributed by atoms with Gasteiger partial charge in [-0.25, -0.2) is 0 Å². The average Bonchev–Trinajstić information content (AvgIpc) is 2.89. The molecular formula is C29H37NO. The van der Waals surface area contributed by atoms with Crippen molar-refractivity contribution < 1.29 is 4.74 Å². The summed E-state index contributed by atoms with van der Waals surface area (Å²) in [6.07, 6.45) is 4.54. The molecule has 0 atom stereocenters. The summed E-state index contributed by atoms with van der Waals surface area (Å²) in [5.41, 5.74) is 6.96. The lowest BCUT2D eigenvalue weighted by Crippen LogP contribution is -2.15. The van der Waals surface area contributed by atoms with Crippen LogP contribution in [0.5, 0.6) is 0 Å². The summed E-state index contributed by atoms with van der Waals surface area (Å²) < 4.78 is 6.74. The van der Waals surface area contributed by atoms with Gasteiger partial charge < -0.3 is 9.64 Å². The molecule has 0 saturated heterocycles. The maximum absolute atomic E-state index is 6.74. The summed E-state index contributed by atoms with van der Waals surface area (Å²) in [6, 6.07) is 17.4. The van der Waals surface area contributed by atoms with Gasteiger partial charge in [0.2, 0.25) is 0 Å². The van der Waals surface area contributed by atoms with Crippen molar-refractivity contribution in [1.29, 1.82) is 0 Å². The topological polar surface area (TPSA) is 12.5 Å². The van der Waals surface area contributed by atoms with Gasteiger partial charge in [0.25, 0.3) is 0 Å². The van der Waals surface area contributed by atoms with Crippen molar-refractivity contribution in [2.24, 2.45) is 10.8 Å². The molecule has 0 aromatic heterocycles. The van der Waals surface area contributed by atoms with Gasteiger partial charge in [-0.3, -0.25) is 0 Å². The van der Waals surface area contributed by atoms with Gasteiger partial charge in [0, 0.05) is 36.3 Å². The Kier molecular flexibility index (Phi) is 6.23. The minimum Gasteiger partial charge on any atom is -0.460 e. The van der Waals surface area contributed by atoms with Crippen LogP contribution in [0, 0.1) is 17.8 Å². The smallest absolute Gasteiger partial charge is 0.137 e. The van der Waals surface area contributed by atoms with Gasteiger partial charge in [0.1, 0.15) is 11.5 Å². The number of anilines is 1. The van der Waals surface area contributed by atoms with Gasteiger partial charge >= 0.3 is 0 Å². The van der Waals surface area contributed by atoms with E-state index >= 15 is 0 Å². The van der Waals surface area contributed by atoms with Crippen molar-refractivity contribution in [1.82, 2.24) is 0 Å². The van der Waals surface area contributed by atoms with Gasteiger partial charge in [-0.1, -0.05) is 83.5 Å². The zero-order valence-electron chi connectivity index (χ0n) is 20.6. The molecule has 3 rings (SSSR count). The van der Waals surface area contributed by atoms with Gasteiger partial charge in [-0.15, -0.1) is 0 Å². The van der Waals surface area contributed by atoms with E-state index in [0.29, 0.717) is 0 Å². The van der Waals surface area contributed by atoms with Crippen LogP contribution in [0.4, 0.5) is 5.69 Å². The Bertz CT molecular complexity index is 1020. The number of benzene rings is 2. The summed E-state index contributed by atoms with van der Waals surface area (Å²) in [6.45, 7) is 15.5. The second-order valence-corrected chi connectivity index (χ2v) is 10.8. The highest BCUT2D eigenvalue weighted by Gasteiger charge is 2.29. The van der Waals surface area contributed by atoms with Crippen LogP contribution in [0.15, 0.2) is 72.0 Å². The van der Waals surface area contributed by atoms with E-state index in [2.05, 4.69) is 128 Å². The molecule has 2 nitrogen and oxygen atoms in total. The Balaban J connectivity index is 2.26. The van der Waals surface area contributed by atoms with Gasteiger partial charge in [0.15, 0.2) is 0 Å². The van der Waals surface area contributed by atoms with E-state index < -0.39 is 0 Å². The summed E-state index contributed by atoms with van der Waals surface area (Å²) in [4.78, 5) is 2.13. The van der Waals surface area contributed by atoms with Crippen LogP contribution in [-0.4, -0.2) is 14.1 Å². The van der Waals surface area contributed by atoms with Crippen molar-refractivity contribution in [3.63, 3.8) is 0 Å². The Hall–Kier alpha value is -2.74. The standard InChI is InChI=1S/C29H37NO/c1-20-10-12-22(13-11-20)27-25(28(2,3)4)18-23(19-26(31-27)29(5,6)7)21-14-16-24(17-15-21)30(8)9/h10-19H,1-9H3. The van der Waals surface area contributed by atoms with Gasteiger partial charge in [0.05, 0.1) is 0 Å². The molecule has 1 aliphatic heterocycles. The molecule has 0 unspecified atom stereocenters. The number of nitrogens with zero attached hydrogens (tertiary/aromatic N) is 1. The number of ether oxygens (including phenoxy) is 1. The molecular weight excluding hydrogens is 378 g/mol. The maximum atomic E-state index is 6.74. The highest BCUT2D eigenvalue weighted by Crippen LogP contribution is 2.43. The molecule has 31 heavy (non-hydrogen) atoms. The van der Waals surface area contributed by atoms with Crippen LogP contribution in [0.25, 0.3) is 11.3 Å². The van der Waals surface area contributed by atoms with Gasteiger partial charge in [-0.2, -0.15) is 0 Å². The normalized spacial score (nSPS) is 15.1. The molecule has 1 aliphatic rings. The first-order valence-electron chi connectivity index (χ1n) is 11.1. The van der Waals surface area contributed by atoms with Crippen LogP contribution in [-0.2, 0) is 4.74 Å². The third-order valence-corrected chi connectivity index (χ3v) is 5.62. The second kappa shape index (κ2) is 8.42. The van der Waals surface area contributed by atoms with Crippen molar-refractivity contribution in [2.75, 3.05) is 19.0 Å². The molecule has 2 heteroatoms. The number of allylic oxidation sites excluding steroid dienone is 5. The minimum absolute atomic E-state index is 0.0732. The Morgan fingerprint density at radius 1 is 0.677 bits per heavy atom. The first kappa shape index (κ1) is 22.9. The van der Waals surface area contributed by atoms with E-state index in [1.165, 1.54) is 28.0 Å². The van der Waals surface area contributed by atoms with E-state index in [0.717, 1.165) is 17.1 Å². The third kappa shape index (κ3) is 5.31. The molecule has 0 amide bonds. The lowest BCUT2D eigenvalue weighted by Gasteiger charge is -2.28. The lowest BCUT2D eigenvalue weighted by atomic mass is 9.82. The number of rotatable bonds is 3. The fourth-order valence-electron chi connectivity index (χ4n) is 3.56. The maximum Gasteiger partial charge on any atom is 0.137 e. The molecule has 2 aromatic rings. The predicted molar refractivity (Wildman–Crippen MR) is 135 cm³/mol. The molecule has 0 bridgehead atoms. The molecule has 1 heterocycles. The lowest BCUT2D eigenvalue weighted by molar-refractivity contribution is 0.262. The van der Waals surface area contributed by atoms with E-state index in [1.54, 1.807) is 0 Å². The molecule has 0 spiro atoms. The van der Waals surface area contributed by atoms with Crippen LogP contribution < -0.4 is 4.90 Å². The van der Waals surface area contributed by atoms with Gasteiger partial charge in [-0.05, 0) is 47.8 Å². The molecule has 0 fully saturated rings. The fourth-order valence-corrected chi connectivity index (χ4v) is 3.56. The molecule has 2 aromatic carbocycles. The average molecular weight is 416 g/mol. The summed E-state index contributed by atoms with van der Waals surface area (Å²) >= 11 is 0. The van der Waals surface area contributed by atoms with Crippen LogP contribution in [0.2, 0.25) is 0 Å². The van der Waals surface area contributed by atoms with Crippen LogP contribution in [0.1, 0.15) is 58.2 Å². The quantitative estimate of drug-likeness (QED) is 0.506. The minimum atomic E-state index is -0.119. The molecule has 0 saturated carbocycles. The first-order valence-corrected chi connectivity index (χ1v) is 11.1. The van der Waals surface area contributed by atoms with Crippen molar-refractivity contribution in [2.45, 2.75) is 48.5 Å². The van der Waals surface area contributed by atoms with Crippen molar-refractivity contribution in [3.8, 4) is 0 Å². The largest absolute Gasteiger partial charge is 0.460 e. The second-order valence-electron chi connectivity index (χ2n) is 10.8. The van der Waals surface area contributed by atoms with E-state index in [9.17, 15) is 0 Å². The third-order valence-electron chi connectivity index (χ3n) is 5.62. The Morgan fingerprint density at radius 3 is 1.71 bits per heavy atom. The monoisotopic (exact) mass is 415 g/mol. The van der Waals surface area contributed by atoms with Crippen molar-refractivity contribution in [3.05, 3.63) is 88.7 Å². The first-order chi connectivity index (χ1) is 14.4. The van der Waals surface area contributed by atoms with E-state index in [1.807, 2.05) is 0 Å². The Labute approximate surface area is 188 Å². The number of hydrogen-bond acceptors (Lipinski definition) is 2.